The Bertz CT molecular complexity index is 208. The van der Waals surface area contributed by atoms with Gasteiger partial charge in [-0.2, -0.15) is 0 Å². The smallest absolute Gasteiger partial charge is 0.311 e. The summed E-state index contributed by atoms with van der Waals surface area (Å²) in [7, 11) is 0. The van der Waals surface area contributed by atoms with Crippen molar-refractivity contribution in [2.24, 2.45) is 5.92 Å². The molecule has 80 valence electrons. The number of nitrogens with one attached hydrogen (secondary N) is 1. The average molecular weight is 198 g/mol. The zero-order valence-corrected chi connectivity index (χ0v) is 8.66. The fraction of sp³-hybridized carbons (Fsp3) is 0.900. The molecule has 0 amide bonds. The minimum absolute atomic E-state index is 0.0188. The Morgan fingerprint density at radius 3 is 2.93 bits per heavy atom. The van der Waals surface area contributed by atoms with Crippen molar-refractivity contribution >= 4 is 5.97 Å². The van der Waals surface area contributed by atoms with Crippen LogP contribution in [0.5, 0.6) is 0 Å². The highest BCUT2D eigenvalue weighted by molar-refractivity contribution is 5.74. The fourth-order valence-electron chi connectivity index (χ4n) is 2.17. The molecule has 0 aliphatic carbocycles. The number of hydrogen-bond acceptors (Lipinski definition) is 4. The van der Waals surface area contributed by atoms with E-state index in [4.69, 9.17) is 4.74 Å². The number of carbonyl (C=O) groups is 1. The molecule has 4 heteroatoms. The molecule has 1 atom stereocenters. The van der Waals surface area contributed by atoms with Crippen molar-refractivity contribution in [1.29, 1.82) is 0 Å². The second-order valence-corrected chi connectivity index (χ2v) is 4.05. The van der Waals surface area contributed by atoms with Crippen LogP contribution >= 0.6 is 0 Å². The molecular weight excluding hydrogens is 180 g/mol. The van der Waals surface area contributed by atoms with Crippen LogP contribution in [-0.4, -0.2) is 49.7 Å². The third kappa shape index (κ3) is 1.91. The summed E-state index contributed by atoms with van der Waals surface area (Å²) in [5.41, 5.74) is 0. The van der Waals surface area contributed by atoms with Gasteiger partial charge < -0.3 is 10.1 Å². The molecule has 2 aliphatic heterocycles. The van der Waals surface area contributed by atoms with E-state index >= 15 is 0 Å². The number of esters is 1. The van der Waals surface area contributed by atoms with Crippen LogP contribution in [0.1, 0.15) is 13.3 Å². The first-order chi connectivity index (χ1) is 6.81. The van der Waals surface area contributed by atoms with Gasteiger partial charge in [0.25, 0.3) is 0 Å². The maximum atomic E-state index is 11.3. The van der Waals surface area contributed by atoms with E-state index in [9.17, 15) is 4.79 Å². The van der Waals surface area contributed by atoms with E-state index in [1.807, 2.05) is 6.92 Å². The third-order valence-electron chi connectivity index (χ3n) is 3.08. The molecule has 0 spiro atoms. The van der Waals surface area contributed by atoms with E-state index in [1.54, 1.807) is 0 Å². The maximum absolute atomic E-state index is 11.3. The summed E-state index contributed by atoms with van der Waals surface area (Å²) in [5, 5.41) is 3.33. The van der Waals surface area contributed by atoms with E-state index in [1.165, 1.54) is 6.42 Å². The molecule has 0 bridgehead atoms. The number of hydrogen-bond donors (Lipinski definition) is 1. The lowest BCUT2D eigenvalue weighted by atomic mass is 9.97. The van der Waals surface area contributed by atoms with Gasteiger partial charge in [0.15, 0.2) is 0 Å². The van der Waals surface area contributed by atoms with Gasteiger partial charge in [-0.05, 0) is 19.9 Å². The molecule has 0 aromatic carbocycles. The Labute approximate surface area is 84.6 Å². The molecule has 1 N–H and O–H groups in total. The van der Waals surface area contributed by atoms with E-state index < -0.39 is 0 Å². The average Bonchev–Trinajstić information content (AvgIpc) is 2.54. The van der Waals surface area contributed by atoms with Crippen LogP contribution < -0.4 is 5.32 Å². The minimum Gasteiger partial charge on any atom is -0.466 e. The number of nitrogens with zero attached hydrogens (tertiary/aromatic N) is 1. The zero-order chi connectivity index (χ0) is 9.97. The molecule has 2 heterocycles. The number of carbonyl (C=O) groups excluding carboxylic acids is 1. The third-order valence-corrected chi connectivity index (χ3v) is 3.08. The van der Waals surface area contributed by atoms with Gasteiger partial charge in [0.05, 0.1) is 12.5 Å². The van der Waals surface area contributed by atoms with E-state index in [0.29, 0.717) is 12.6 Å². The minimum atomic E-state index is -0.0188. The summed E-state index contributed by atoms with van der Waals surface area (Å²) >= 11 is 0. The van der Waals surface area contributed by atoms with Crippen LogP contribution in [-0.2, 0) is 9.53 Å². The van der Waals surface area contributed by atoms with Crippen LogP contribution in [0.4, 0.5) is 0 Å². The quantitative estimate of drug-likeness (QED) is 0.640. The van der Waals surface area contributed by atoms with Crippen LogP contribution in [0.3, 0.4) is 0 Å². The topological polar surface area (TPSA) is 41.6 Å². The second-order valence-electron chi connectivity index (χ2n) is 4.05. The molecule has 0 radical (unpaired) electrons. The van der Waals surface area contributed by atoms with Gasteiger partial charge in [-0.25, -0.2) is 0 Å². The predicted molar refractivity (Wildman–Crippen MR) is 53.0 cm³/mol. The summed E-state index contributed by atoms with van der Waals surface area (Å²) in [5.74, 6) is 0.116. The van der Waals surface area contributed by atoms with Crippen molar-refractivity contribution in [1.82, 2.24) is 10.2 Å². The fourth-order valence-corrected chi connectivity index (χ4v) is 2.17. The highest BCUT2D eigenvalue weighted by Gasteiger charge is 2.38. The first-order valence-electron chi connectivity index (χ1n) is 5.42. The molecule has 2 rings (SSSR count). The summed E-state index contributed by atoms with van der Waals surface area (Å²) in [6.07, 6.45) is 1.22. The number of ether oxygens (including phenoxy) is 1. The number of rotatable bonds is 3. The monoisotopic (exact) mass is 198 g/mol. The lowest BCUT2D eigenvalue weighted by molar-refractivity contribution is -0.154. The standard InChI is InChI=1S/C10H18N2O2/c1-2-14-10(13)8-6-12(7-8)9-3-4-11-5-9/h8-9,11H,2-7H2,1H3/t9-/m1/s1. The van der Waals surface area contributed by atoms with Crippen molar-refractivity contribution in [2.45, 2.75) is 19.4 Å². The zero-order valence-electron chi connectivity index (χ0n) is 8.66. The molecule has 4 nitrogen and oxygen atoms in total. The van der Waals surface area contributed by atoms with Gasteiger partial charge in [-0.15, -0.1) is 0 Å². The molecular formula is C10H18N2O2. The van der Waals surface area contributed by atoms with Gasteiger partial charge in [0, 0.05) is 25.7 Å². The Morgan fingerprint density at radius 2 is 2.36 bits per heavy atom. The molecule has 14 heavy (non-hydrogen) atoms. The van der Waals surface area contributed by atoms with Crippen molar-refractivity contribution < 1.29 is 9.53 Å². The SMILES string of the molecule is CCOC(=O)C1CN([C@@H]2CCNC2)C1. The molecule has 0 saturated carbocycles. The van der Waals surface area contributed by atoms with E-state index in [-0.39, 0.29) is 11.9 Å². The lowest BCUT2D eigenvalue weighted by Gasteiger charge is -2.41. The Morgan fingerprint density at radius 1 is 1.57 bits per heavy atom. The summed E-state index contributed by atoms with van der Waals surface area (Å²) in [6, 6.07) is 0.653. The van der Waals surface area contributed by atoms with Crippen LogP contribution in [0.15, 0.2) is 0 Å². The van der Waals surface area contributed by atoms with Crippen molar-refractivity contribution in [2.75, 3.05) is 32.8 Å². The van der Waals surface area contributed by atoms with Crippen LogP contribution in [0, 0.1) is 5.92 Å². The highest BCUT2D eigenvalue weighted by atomic mass is 16.5. The van der Waals surface area contributed by atoms with E-state index in [0.717, 1.165) is 26.2 Å². The predicted octanol–water partition coefficient (Wildman–Crippen LogP) is -0.157. The van der Waals surface area contributed by atoms with Gasteiger partial charge in [-0.3, -0.25) is 9.69 Å². The second kappa shape index (κ2) is 4.28. The maximum Gasteiger partial charge on any atom is 0.311 e. The summed E-state index contributed by atoms with van der Waals surface area (Å²) in [6.45, 7) is 6.34. The van der Waals surface area contributed by atoms with Crippen molar-refractivity contribution in [3.05, 3.63) is 0 Å². The Hall–Kier alpha value is -0.610. The molecule has 2 fully saturated rings. The van der Waals surface area contributed by atoms with Crippen LogP contribution in [0.2, 0.25) is 0 Å². The first-order valence-corrected chi connectivity index (χ1v) is 5.42. The Kier molecular flexibility index (Phi) is 3.03. The van der Waals surface area contributed by atoms with Gasteiger partial charge in [0.1, 0.15) is 0 Å². The first kappa shape index (κ1) is 9.93. The van der Waals surface area contributed by atoms with Gasteiger partial charge >= 0.3 is 5.97 Å². The molecule has 0 aromatic heterocycles. The Balaban J connectivity index is 1.70. The molecule has 2 aliphatic rings. The normalized spacial score (nSPS) is 28.8. The highest BCUT2D eigenvalue weighted by Crippen LogP contribution is 2.22. The largest absolute Gasteiger partial charge is 0.466 e. The molecule has 0 aromatic rings. The summed E-state index contributed by atoms with van der Waals surface area (Å²) in [4.78, 5) is 13.7. The van der Waals surface area contributed by atoms with Crippen LogP contribution in [0.25, 0.3) is 0 Å². The van der Waals surface area contributed by atoms with E-state index in [2.05, 4.69) is 10.2 Å². The number of likely N-dealkylation sites (tertiary alicyclic amines) is 1. The molecule has 0 unspecified atom stereocenters. The molecule has 2 saturated heterocycles. The summed E-state index contributed by atoms with van der Waals surface area (Å²) < 4.78 is 4.98. The van der Waals surface area contributed by atoms with Gasteiger partial charge in [0.2, 0.25) is 0 Å². The van der Waals surface area contributed by atoms with Crippen molar-refractivity contribution in [3.8, 4) is 0 Å². The van der Waals surface area contributed by atoms with Gasteiger partial charge in [-0.1, -0.05) is 0 Å². The van der Waals surface area contributed by atoms with Crippen molar-refractivity contribution in [3.63, 3.8) is 0 Å². The lowest BCUT2D eigenvalue weighted by Crippen LogP contribution is -2.55.